The van der Waals surface area contributed by atoms with E-state index in [-0.39, 0.29) is 5.91 Å². The lowest BCUT2D eigenvalue weighted by atomic mass is 10.0. The molecule has 0 radical (unpaired) electrons. The van der Waals surface area contributed by atoms with Crippen LogP contribution in [0.3, 0.4) is 0 Å². The number of imidazole rings is 1. The molecular formula is C21H25F3N4O. The number of halogens is 3. The molecular weight excluding hydrogens is 381 g/mol. The van der Waals surface area contributed by atoms with Crippen molar-refractivity contribution in [3.63, 3.8) is 0 Å². The Morgan fingerprint density at radius 2 is 1.79 bits per heavy atom. The van der Waals surface area contributed by atoms with Crippen molar-refractivity contribution in [1.29, 1.82) is 0 Å². The Balaban J connectivity index is 1.48. The zero-order chi connectivity index (χ0) is 20.6. The third kappa shape index (κ3) is 4.03. The van der Waals surface area contributed by atoms with E-state index in [1.165, 1.54) is 25.1 Å². The van der Waals surface area contributed by atoms with Gasteiger partial charge in [0.1, 0.15) is 11.5 Å². The number of alkyl halides is 3. The normalized spacial score (nSPS) is 19.1. The van der Waals surface area contributed by atoms with Crippen molar-refractivity contribution in [3.05, 3.63) is 41.7 Å². The number of amides is 1. The Morgan fingerprint density at radius 3 is 2.45 bits per heavy atom. The molecule has 3 heterocycles. The predicted molar refractivity (Wildman–Crippen MR) is 103 cm³/mol. The van der Waals surface area contributed by atoms with E-state index in [2.05, 4.69) is 9.88 Å². The number of rotatable bonds is 3. The van der Waals surface area contributed by atoms with Gasteiger partial charge in [0.25, 0.3) is 5.91 Å². The van der Waals surface area contributed by atoms with Crippen LogP contribution in [-0.4, -0.2) is 57.5 Å². The highest BCUT2D eigenvalue weighted by Crippen LogP contribution is 2.32. The summed E-state index contributed by atoms with van der Waals surface area (Å²) in [6.45, 7) is 3.70. The average Bonchev–Trinajstić information content (AvgIpc) is 3.37. The fraction of sp³-hybridized carbons (Fsp3) is 0.524. The Bertz CT molecular complexity index is 878. The van der Waals surface area contributed by atoms with Gasteiger partial charge >= 0.3 is 6.18 Å². The lowest BCUT2D eigenvalue weighted by molar-refractivity contribution is -0.137. The molecule has 29 heavy (non-hydrogen) atoms. The first-order chi connectivity index (χ1) is 13.8. The van der Waals surface area contributed by atoms with Crippen LogP contribution in [0.15, 0.2) is 30.5 Å². The molecule has 0 aliphatic carbocycles. The van der Waals surface area contributed by atoms with Gasteiger partial charge in [0.05, 0.1) is 11.8 Å². The van der Waals surface area contributed by atoms with Gasteiger partial charge in [-0.1, -0.05) is 12.1 Å². The molecule has 2 aliphatic heterocycles. The molecule has 0 spiro atoms. The fourth-order valence-electron chi connectivity index (χ4n) is 4.41. The van der Waals surface area contributed by atoms with Crippen molar-refractivity contribution in [2.45, 2.75) is 37.9 Å². The monoisotopic (exact) mass is 406 g/mol. The van der Waals surface area contributed by atoms with Crippen LogP contribution in [-0.2, 0) is 13.2 Å². The number of benzene rings is 1. The summed E-state index contributed by atoms with van der Waals surface area (Å²) in [5.74, 6) is 0.240. The van der Waals surface area contributed by atoms with E-state index in [1.807, 2.05) is 4.90 Å². The molecule has 0 atom stereocenters. The number of aromatic nitrogens is 2. The molecule has 0 unspecified atom stereocenters. The minimum Gasteiger partial charge on any atom is -0.337 e. The van der Waals surface area contributed by atoms with Crippen LogP contribution in [0.2, 0.25) is 0 Å². The third-order valence-electron chi connectivity index (χ3n) is 6.06. The Kier molecular flexibility index (Phi) is 5.38. The van der Waals surface area contributed by atoms with Gasteiger partial charge in [-0.3, -0.25) is 4.79 Å². The number of hydrogen-bond acceptors (Lipinski definition) is 3. The van der Waals surface area contributed by atoms with Crippen LogP contribution in [0.25, 0.3) is 11.4 Å². The Hall–Kier alpha value is -2.35. The molecule has 2 fully saturated rings. The minimum absolute atomic E-state index is 0.113. The highest BCUT2D eigenvalue weighted by molar-refractivity contribution is 5.93. The molecule has 4 rings (SSSR count). The maximum atomic E-state index is 13.0. The lowest BCUT2D eigenvalue weighted by Crippen LogP contribution is -2.46. The summed E-state index contributed by atoms with van der Waals surface area (Å²) in [7, 11) is 1.67. The Morgan fingerprint density at radius 1 is 1.10 bits per heavy atom. The molecule has 0 N–H and O–H groups in total. The highest BCUT2D eigenvalue weighted by Gasteiger charge is 2.32. The molecule has 1 amide bonds. The van der Waals surface area contributed by atoms with Crippen LogP contribution >= 0.6 is 0 Å². The smallest absolute Gasteiger partial charge is 0.337 e. The van der Waals surface area contributed by atoms with Crippen LogP contribution in [0, 0.1) is 0 Å². The van der Waals surface area contributed by atoms with Gasteiger partial charge in [-0.05, 0) is 50.9 Å². The first-order valence-corrected chi connectivity index (χ1v) is 10.1. The standard InChI is InChI=1S/C21H25F3N4O/c1-26-18(14-25-19(26)15-5-4-6-16(13-15)21(22,23)24)20(29)28-11-7-17(8-12-28)27-9-2-3-10-27/h4-6,13-14,17H,2-3,7-12H2,1H3. The number of nitrogens with zero attached hydrogens (tertiary/aromatic N) is 4. The molecule has 2 aliphatic rings. The summed E-state index contributed by atoms with van der Waals surface area (Å²) in [4.78, 5) is 21.6. The third-order valence-corrected chi connectivity index (χ3v) is 6.06. The van der Waals surface area contributed by atoms with Gasteiger partial charge in [-0.25, -0.2) is 4.98 Å². The molecule has 5 nitrogen and oxygen atoms in total. The second-order valence-corrected chi connectivity index (χ2v) is 7.87. The van der Waals surface area contributed by atoms with Crippen LogP contribution in [0.5, 0.6) is 0 Å². The molecule has 1 aromatic carbocycles. The van der Waals surface area contributed by atoms with Crippen LogP contribution in [0.1, 0.15) is 41.7 Å². The van der Waals surface area contributed by atoms with Crippen molar-refractivity contribution in [1.82, 2.24) is 19.4 Å². The summed E-state index contributed by atoms with van der Waals surface area (Å²) in [5.41, 5.74) is 0.0148. The number of hydrogen-bond donors (Lipinski definition) is 0. The minimum atomic E-state index is -4.42. The van der Waals surface area contributed by atoms with Gasteiger partial charge in [0, 0.05) is 31.7 Å². The highest BCUT2D eigenvalue weighted by atomic mass is 19.4. The maximum absolute atomic E-state index is 13.0. The predicted octanol–water partition coefficient (Wildman–Crippen LogP) is 3.81. The summed E-state index contributed by atoms with van der Waals surface area (Å²) < 4.78 is 40.6. The summed E-state index contributed by atoms with van der Waals surface area (Å²) in [6, 6.07) is 5.58. The van der Waals surface area contributed by atoms with Gasteiger partial charge in [0.15, 0.2) is 0 Å². The van der Waals surface area contributed by atoms with Gasteiger partial charge < -0.3 is 14.4 Å². The summed E-state index contributed by atoms with van der Waals surface area (Å²) in [5, 5.41) is 0. The molecule has 0 bridgehead atoms. The maximum Gasteiger partial charge on any atom is 0.416 e. The largest absolute Gasteiger partial charge is 0.416 e. The summed E-state index contributed by atoms with van der Waals surface area (Å²) in [6.07, 6.45) is 1.48. The zero-order valence-corrected chi connectivity index (χ0v) is 16.5. The molecule has 0 saturated carbocycles. The fourth-order valence-corrected chi connectivity index (χ4v) is 4.41. The van der Waals surface area contributed by atoms with E-state index >= 15 is 0 Å². The van der Waals surface area contributed by atoms with E-state index in [0.717, 1.165) is 38.1 Å². The lowest BCUT2D eigenvalue weighted by Gasteiger charge is -2.36. The molecule has 2 saturated heterocycles. The average molecular weight is 406 g/mol. The van der Waals surface area contributed by atoms with Crippen molar-refractivity contribution in [2.24, 2.45) is 7.05 Å². The number of carbonyl (C=O) groups is 1. The topological polar surface area (TPSA) is 41.4 Å². The number of carbonyl (C=O) groups excluding carboxylic acids is 1. The van der Waals surface area contributed by atoms with E-state index in [4.69, 9.17) is 0 Å². The van der Waals surface area contributed by atoms with Crippen molar-refractivity contribution in [2.75, 3.05) is 26.2 Å². The van der Waals surface area contributed by atoms with Gasteiger partial charge in [-0.2, -0.15) is 13.2 Å². The first kappa shape index (κ1) is 19.9. The number of piperidine rings is 1. The zero-order valence-electron chi connectivity index (χ0n) is 16.5. The van der Waals surface area contributed by atoms with E-state index < -0.39 is 11.7 Å². The molecule has 8 heteroatoms. The second-order valence-electron chi connectivity index (χ2n) is 7.87. The second kappa shape index (κ2) is 7.82. The van der Waals surface area contributed by atoms with Crippen LogP contribution in [0.4, 0.5) is 13.2 Å². The van der Waals surface area contributed by atoms with Crippen molar-refractivity contribution >= 4 is 5.91 Å². The van der Waals surface area contributed by atoms with Crippen molar-refractivity contribution < 1.29 is 18.0 Å². The van der Waals surface area contributed by atoms with Crippen LogP contribution < -0.4 is 0 Å². The van der Waals surface area contributed by atoms with E-state index in [1.54, 1.807) is 17.7 Å². The van der Waals surface area contributed by atoms with Crippen molar-refractivity contribution in [3.8, 4) is 11.4 Å². The van der Waals surface area contributed by atoms with E-state index in [9.17, 15) is 18.0 Å². The summed E-state index contributed by atoms with van der Waals surface area (Å²) >= 11 is 0. The molecule has 156 valence electrons. The number of likely N-dealkylation sites (tertiary alicyclic amines) is 2. The SMILES string of the molecule is Cn1c(C(=O)N2CCC(N3CCCC3)CC2)cnc1-c1cccc(C(F)(F)F)c1. The molecule has 2 aromatic rings. The van der Waals surface area contributed by atoms with Gasteiger partial charge in [0.2, 0.25) is 0 Å². The van der Waals surface area contributed by atoms with E-state index in [0.29, 0.717) is 36.2 Å². The molecule has 1 aromatic heterocycles. The quantitative estimate of drug-likeness (QED) is 0.779. The first-order valence-electron chi connectivity index (χ1n) is 10.1. The Labute approximate surface area is 168 Å². The van der Waals surface area contributed by atoms with Gasteiger partial charge in [-0.15, -0.1) is 0 Å².